The summed E-state index contributed by atoms with van der Waals surface area (Å²) in [6.07, 6.45) is 1.33. The summed E-state index contributed by atoms with van der Waals surface area (Å²) in [5.74, 6) is -1.88. The molecule has 0 aromatic heterocycles. The Labute approximate surface area is 211 Å². The number of carbonyl (C=O) groups excluding carboxylic acids is 3. The van der Waals surface area contributed by atoms with Crippen LogP contribution in [-0.2, 0) is 9.59 Å². The van der Waals surface area contributed by atoms with Crippen molar-refractivity contribution >= 4 is 52.1 Å². The van der Waals surface area contributed by atoms with Gasteiger partial charge in [0.2, 0.25) is 0 Å². The summed E-state index contributed by atoms with van der Waals surface area (Å²) < 4.78 is 10.7. The summed E-state index contributed by atoms with van der Waals surface area (Å²) in [7, 11) is 1.43. The first-order valence-electron chi connectivity index (χ1n) is 10.7. The maximum Gasteiger partial charge on any atom is 0.343 e. The lowest BCUT2D eigenvalue weighted by Gasteiger charge is -2.10. The smallest absolute Gasteiger partial charge is 0.343 e. The Morgan fingerprint density at radius 2 is 1.61 bits per heavy atom. The minimum absolute atomic E-state index is 0.202. The first-order valence-corrected chi connectivity index (χ1v) is 11.1. The van der Waals surface area contributed by atoms with Crippen LogP contribution in [0.3, 0.4) is 0 Å². The van der Waals surface area contributed by atoms with Crippen LogP contribution in [0, 0.1) is 0 Å². The van der Waals surface area contributed by atoms with E-state index < -0.39 is 17.8 Å². The van der Waals surface area contributed by atoms with Crippen LogP contribution < -0.4 is 20.2 Å². The third kappa shape index (κ3) is 5.86. The van der Waals surface area contributed by atoms with Crippen molar-refractivity contribution < 1.29 is 23.9 Å². The highest BCUT2D eigenvalue weighted by Crippen LogP contribution is 2.28. The van der Waals surface area contributed by atoms with Crippen molar-refractivity contribution in [3.05, 3.63) is 101 Å². The minimum atomic E-state index is -0.931. The van der Waals surface area contributed by atoms with Gasteiger partial charge in [-0.2, -0.15) is 5.10 Å². The number of methoxy groups -OCH3 is 1. The summed E-state index contributed by atoms with van der Waals surface area (Å²) in [4.78, 5) is 36.9. The third-order valence-corrected chi connectivity index (χ3v) is 5.35. The number of benzene rings is 4. The largest absolute Gasteiger partial charge is 0.493 e. The van der Waals surface area contributed by atoms with Gasteiger partial charge in [-0.05, 0) is 59.5 Å². The topological polar surface area (TPSA) is 106 Å². The zero-order chi connectivity index (χ0) is 25.5. The lowest BCUT2D eigenvalue weighted by Crippen LogP contribution is -2.32. The molecule has 4 aromatic rings. The van der Waals surface area contributed by atoms with Gasteiger partial charge >= 0.3 is 17.8 Å². The standard InChI is InChI=1S/C27H20ClN3O5/c1-35-24-15-17(9-14-23(24)36-27(34)19-10-12-20(28)13-11-19)16-29-31-26(33)25(32)30-22-8-4-6-18-5-2-3-7-21(18)22/h2-16H,1H3,(H,30,32)(H,31,33)/b29-16+. The van der Waals surface area contributed by atoms with Gasteiger partial charge < -0.3 is 14.8 Å². The SMILES string of the molecule is COc1cc(/C=N/NC(=O)C(=O)Nc2cccc3ccccc23)ccc1OC(=O)c1ccc(Cl)cc1. The van der Waals surface area contributed by atoms with Crippen LogP contribution in [0.15, 0.2) is 90.0 Å². The molecule has 0 aliphatic heterocycles. The van der Waals surface area contributed by atoms with E-state index in [4.69, 9.17) is 21.1 Å². The molecular formula is C27H20ClN3O5. The number of carbonyl (C=O) groups is 3. The molecule has 4 rings (SSSR count). The quantitative estimate of drug-likeness (QED) is 0.130. The number of rotatable bonds is 6. The first-order chi connectivity index (χ1) is 17.4. The van der Waals surface area contributed by atoms with Gasteiger partial charge in [-0.1, -0.05) is 48.0 Å². The maximum atomic E-state index is 12.4. The number of anilines is 1. The lowest BCUT2D eigenvalue weighted by atomic mass is 10.1. The number of hydrazone groups is 1. The molecule has 0 atom stereocenters. The molecule has 0 aliphatic rings. The van der Waals surface area contributed by atoms with Gasteiger partial charge in [0, 0.05) is 16.1 Å². The number of hydrogen-bond donors (Lipinski definition) is 2. The molecule has 4 aromatic carbocycles. The predicted octanol–water partition coefficient (Wildman–Crippen LogP) is 4.81. The molecule has 180 valence electrons. The molecular weight excluding hydrogens is 482 g/mol. The Balaban J connectivity index is 1.38. The van der Waals surface area contributed by atoms with Crippen LogP contribution >= 0.6 is 11.6 Å². The van der Waals surface area contributed by atoms with Crippen LogP contribution in [0.2, 0.25) is 5.02 Å². The molecule has 36 heavy (non-hydrogen) atoms. The fourth-order valence-electron chi connectivity index (χ4n) is 3.32. The number of ether oxygens (including phenoxy) is 2. The number of amides is 2. The Kier molecular flexibility index (Phi) is 7.57. The van der Waals surface area contributed by atoms with Crippen LogP contribution in [-0.4, -0.2) is 31.1 Å². The summed E-state index contributed by atoms with van der Waals surface area (Å²) in [5, 5.41) is 8.67. The molecule has 0 bridgehead atoms. The van der Waals surface area contributed by atoms with Crippen molar-refractivity contribution in [3.63, 3.8) is 0 Å². The first kappa shape index (κ1) is 24.4. The fraction of sp³-hybridized carbons (Fsp3) is 0.0370. The Hall–Kier alpha value is -4.69. The van der Waals surface area contributed by atoms with E-state index >= 15 is 0 Å². The van der Waals surface area contributed by atoms with E-state index in [2.05, 4.69) is 15.8 Å². The average molecular weight is 502 g/mol. The Morgan fingerprint density at radius 3 is 2.39 bits per heavy atom. The van der Waals surface area contributed by atoms with Crippen LogP contribution in [0.4, 0.5) is 5.69 Å². The Bertz CT molecular complexity index is 1460. The molecule has 0 saturated carbocycles. The van der Waals surface area contributed by atoms with Gasteiger partial charge in [-0.3, -0.25) is 9.59 Å². The molecule has 0 saturated heterocycles. The number of hydrogen-bond acceptors (Lipinski definition) is 6. The van der Waals surface area contributed by atoms with Crippen molar-refractivity contribution in [2.75, 3.05) is 12.4 Å². The van der Waals surface area contributed by atoms with Gasteiger partial charge in [0.05, 0.1) is 18.9 Å². The minimum Gasteiger partial charge on any atom is -0.493 e. The van der Waals surface area contributed by atoms with Crippen LogP contribution in [0.1, 0.15) is 15.9 Å². The molecule has 8 nitrogen and oxygen atoms in total. The lowest BCUT2D eigenvalue weighted by molar-refractivity contribution is -0.136. The molecule has 0 heterocycles. The van der Waals surface area contributed by atoms with E-state index in [-0.39, 0.29) is 11.5 Å². The van der Waals surface area contributed by atoms with E-state index in [0.717, 1.165) is 10.8 Å². The number of nitrogens with one attached hydrogen (secondary N) is 2. The fourth-order valence-corrected chi connectivity index (χ4v) is 3.45. The molecule has 2 N–H and O–H groups in total. The summed E-state index contributed by atoms with van der Waals surface area (Å²) in [5.41, 5.74) is 3.58. The number of fused-ring (bicyclic) bond motifs is 1. The summed E-state index contributed by atoms with van der Waals surface area (Å²) >= 11 is 5.84. The van der Waals surface area contributed by atoms with E-state index in [0.29, 0.717) is 21.8 Å². The van der Waals surface area contributed by atoms with Crippen molar-refractivity contribution in [2.45, 2.75) is 0 Å². The van der Waals surface area contributed by atoms with Crippen molar-refractivity contribution in [1.82, 2.24) is 5.43 Å². The van der Waals surface area contributed by atoms with Gasteiger partial charge in [0.15, 0.2) is 11.5 Å². The van der Waals surface area contributed by atoms with Gasteiger partial charge in [0.25, 0.3) is 0 Å². The molecule has 2 amide bonds. The van der Waals surface area contributed by atoms with Crippen LogP contribution in [0.5, 0.6) is 11.5 Å². The van der Waals surface area contributed by atoms with E-state index in [1.54, 1.807) is 48.5 Å². The van der Waals surface area contributed by atoms with E-state index in [1.165, 1.54) is 19.4 Å². The Morgan fingerprint density at radius 1 is 0.861 bits per heavy atom. The second kappa shape index (κ2) is 11.2. The molecule has 9 heteroatoms. The molecule has 0 spiro atoms. The van der Waals surface area contributed by atoms with Crippen LogP contribution in [0.25, 0.3) is 10.8 Å². The van der Waals surface area contributed by atoms with Gasteiger partial charge in [-0.25, -0.2) is 10.2 Å². The van der Waals surface area contributed by atoms with Gasteiger partial charge in [-0.15, -0.1) is 0 Å². The number of halogens is 1. The molecule has 0 unspecified atom stereocenters. The average Bonchev–Trinajstić information content (AvgIpc) is 2.89. The maximum absolute atomic E-state index is 12.4. The van der Waals surface area contributed by atoms with E-state index in [1.807, 2.05) is 30.3 Å². The highest BCUT2D eigenvalue weighted by molar-refractivity contribution is 6.40. The highest BCUT2D eigenvalue weighted by atomic mass is 35.5. The van der Waals surface area contributed by atoms with Gasteiger partial charge in [0.1, 0.15) is 0 Å². The zero-order valence-electron chi connectivity index (χ0n) is 19.0. The van der Waals surface area contributed by atoms with E-state index in [9.17, 15) is 14.4 Å². The third-order valence-electron chi connectivity index (χ3n) is 5.09. The second-order valence-corrected chi connectivity index (χ2v) is 7.92. The molecule has 0 aliphatic carbocycles. The van der Waals surface area contributed by atoms with Crippen molar-refractivity contribution in [1.29, 1.82) is 0 Å². The monoisotopic (exact) mass is 501 g/mol. The normalized spacial score (nSPS) is 10.7. The molecule has 0 radical (unpaired) electrons. The zero-order valence-corrected chi connectivity index (χ0v) is 19.8. The van der Waals surface area contributed by atoms with Crippen molar-refractivity contribution in [3.8, 4) is 11.5 Å². The number of nitrogens with zero attached hydrogens (tertiary/aromatic N) is 1. The predicted molar refractivity (Wildman–Crippen MR) is 138 cm³/mol. The summed E-state index contributed by atoms with van der Waals surface area (Å²) in [6, 6.07) is 23.9. The number of esters is 1. The van der Waals surface area contributed by atoms with Crippen molar-refractivity contribution in [2.24, 2.45) is 5.10 Å². The second-order valence-electron chi connectivity index (χ2n) is 7.49. The molecule has 0 fully saturated rings. The summed E-state index contributed by atoms with van der Waals surface area (Å²) in [6.45, 7) is 0. The highest BCUT2D eigenvalue weighted by Gasteiger charge is 2.15.